The molecule has 154 valence electrons. The van der Waals surface area contributed by atoms with Gasteiger partial charge in [0.15, 0.2) is 19.8 Å². The van der Waals surface area contributed by atoms with Crippen LogP contribution in [0.15, 0.2) is 12.1 Å². The van der Waals surface area contributed by atoms with E-state index in [4.69, 9.17) is 13.9 Å². The first kappa shape index (κ1) is 22.3. The van der Waals surface area contributed by atoms with Gasteiger partial charge in [0.05, 0.1) is 20.3 Å². The van der Waals surface area contributed by atoms with Gasteiger partial charge in [-0.1, -0.05) is 59.3 Å². The number of ether oxygens (including phenoxy) is 2. The maximum atomic E-state index is 7.09. The predicted octanol–water partition coefficient (Wildman–Crippen LogP) is 6.53. The van der Waals surface area contributed by atoms with Crippen LogP contribution in [-0.4, -0.2) is 28.6 Å². The average Bonchev–Trinajstić information content (AvgIpc) is 3.08. The quantitative estimate of drug-likeness (QED) is 0.357. The Kier molecular flexibility index (Phi) is 9.17. The molecule has 0 N–H and O–H groups in total. The summed E-state index contributed by atoms with van der Waals surface area (Å²) in [5, 5.41) is 0. The number of benzene rings is 1. The Morgan fingerprint density at radius 3 is 1.52 bits per heavy atom. The van der Waals surface area contributed by atoms with Crippen LogP contribution >= 0.6 is 0 Å². The van der Waals surface area contributed by atoms with Crippen LogP contribution in [0.2, 0.25) is 18.1 Å². The summed E-state index contributed by atoms with van der Waals surface area (Å²) in [7, 11) is 1.76. The van der Waals surface area contributed by atoms with Crippen LogP contribution in [0.1, 0.15) is 70.4 Å². The molecule has 2 rings (SSSR count). The molecule has 0 amide bonds. The van der Waals surface area contributed by atoms with E-state index in [1.54, 1.807) is 14.2 Å². The highest BCUT2D eigenvalue weighted by Gasteiger charge is 2.37. The van der Waals surface area contributed by atoms with Crippen LogP contribution in [0.25, 0.3) is 0 Å². The lowest BCUT2D eigenvalue weighted by Gasteiger charge is -2.35. The third kappa shape index (κ3) is 5.99. The zero-order valence-corrected chi connectivity index (χ0v) is 19.2. The molecule has 3 nitrogen and oxygen atoms in total. The molecule has 0 bridgehead atoms. The number of methoxy groups -OCH3 is 2. The summed E-state index contributed by atoms with van der Waals surface area (Å²) < 4.78 is 18.1. The van der Waals surface area contributed by atoms with Gasteiger partial charge in [0.2, 0.25) is 0 Å². The Morgan fingerprint density at radius 2 is 1.19 bits per heavy atom. The SMILES string of the molecule is CCCC[Si](CCCC)(CCCC)OC1Cc2cc(OC)c(OC)cc2C1. The van der Waals surface area contributed by atoms with Crippen LogP contribution in [0.4, 0.5) is 0 Å². The second-order valence-electron chi connectivity index (χ2n) is 8.12. The van der Waals surface area contributed by atoms with E-state index in [9.17, 15) is 0 Å². The molecule has 0 fully saturated rings. The van der Waals surface area contributed by atoms with Gasteiger partial charge in [-0.3, -0.25) is 0 Å². The van der Waals surface area contributed by atoms with E-state index < -0.39 is 8.32 Å². The van der Waals surface area contributed by atoms with Gasteiger partial charge < -0.3 is 13.9 Å². The smallest absolute Gasteiger partial charge is 0.193 e. The molecule has 0 aliphatic heterocycles. The second kappa shape index (κ2) is 11.1. The minimum absolute atomic E-state index is 0.342. The third-order valence-electron chi connectivity index (χ3n) is 5.98. The Balaban J connectivity index is 2.15. The van der Waals surface area contributed by atoms with Crippen molar-refractivity contribution in [2.24, 2.45) is 0 Å². The van der Waals surface area contributed by atoms with Gasteiger partial charge in [-0.05, 0) is 54.2 Å². The van der Waals surface area contributed by atoms with Crippen LogP contribution in [0, 0.1) is 0 Å². The van der Waals surface area contributed by atoms with Crippen molar-refractivity contribution in [3.63, 3.8) is 0 Å². The molecule has 1 aliphatic carbocycles. The molecular weight excluding hydrogens is 352 g/mol. The van der Waals surface area contributed by atoms with Crippen molar-refractivity contribution in [3.05, 3.63) is 23.3 Å². The Bertz CT molecular complexity index is 518. The molecule has 0 radical (unpaired) electrons. The van der Waals surface area contributed by atoms with Crippen molar-refractivity contribution in [1.29, 1.82) is 0 Å². The minimum atomic E-state index is -1.67. The molecule has 1 aromatic carbocycles. The first-order chi connectivity index (χ1) is 13.1. The van der Waals surface area contributed by atoms with Gasteiger partial charge in [-0.2, -0.15) is 0 Å². The van der Waals surface area contributed by atoms with Crippen LogP contribution in [0.5, 0.6) is 11.5 Å². The Labute approximate surface area is 167 Å². The zero-order chi connectivity index (χ0) is 19.7. The fraction of sp³-hybridized carbons (Fsp3) is 0.739. The normalized spacial score (nSPS) is 14.4. The number of fused-ring (bicyclic) bond motifs is 1. The minimum Gasteiger partial charge on any atom is -0.493 e. The van der Waals surface area contributed by atoms with E-state index in [-0.39, 0.29) is 0 Å². The molecular formula is C23H40O3Si. The van der Waals surface area contributed by atoms with Crippen molar-refractivity contribution in [1.82, 2.24) is 0 Å². The largest absolute Gasteiger partial charge is 0.493 e. The van der Waals surface area contributed by atoms with Gasteiger partial charge in [0.1, 0.15) is 0 Å². The molecule has 1 aliphatic rings. The van der Waals surface area contributed by atoms with Crippen molar-refractivity contribution in [3.8, 4) is 11.5 Å². The van der Waals surface area contributed by atoms with E-state index >= 15 is 0 Å². The summed E-state index contributed by atoms with van der Waals surface area (Å²) in [5.41, 5.74) is 2.75. The van der Waals surface area contributed by atoms with E-state index in [1.165, 1.54) is 67.8 Å². The van der Waals surface area contributed by atoms with Crippen LogP contribution < -0.4 is 9.47 Å². The summed E-state index contributed by atoms with van der Waals surface area (Å²) in [5.74, 6) is 1.67. The monoisotopic (exact) mass is 392 g/mol. The van der Waals surface area contributed by atoms with Crippen molar-refractivity contribution in [2.75, 3.05) is 14.2 Å². The highest BCUT2D eigenvalue weighted by atomic mass is 28.4. The summed E-state index contributed by atoms with van der Waals surface area (Å²) in [6.45, 7) is 6.92. The second-order valence-corrected chi connectivity index (χ2v) is 12.2. The van der Waals surface area contributed by atoms with Gasteiger partial charge in [-0.25, -0.2) is 0 Å². The van der Waals surface area contributed by atoms with Gasteiger partial charge >= 0.3 is 0 Å². The van der Waals surface area contributed by atoms with E-state index in [0.29, 0.717) is 6.10 Å². The highest BCUT2D eigenvalue weighted by molar-refractivity contribution is 6.73. The maximum absolute atomic E-state index is 7.09. The standard InChI is InChI=1S/C23H40O3Si/c1-6-9-12-27(13-10-7-2,14-11-8-3)26-21-15-19-17-22(24-4)23(25-5)18-20(19)16-21/h17-18,21H,6-16H2,1-5H3. The molecule has 0 unspecified atom stereocenters. The summed E-state index contributed by atoms with van der Waals surface area (Å²) >= 11 is 0. The van der Waals surface area contributed by atoms with E-state index in [1.807, 2.05) is 0 Å². The van der Waals surface area contributed by atoms with Gasteiger partial charge in [-0.15, -0.1) is 0 Å². The number of unbranched alkanes of at least 4 members (excludes halogenated alkanes) is 3. The molecule has 0 heterocycles. The van der Waals surface area contributed by atoms with Crippen molar-refractivity contribution in [2.45, 2.75) is 96.4 Å². The molecule has 4 heteroatoms. The fourth-order valence-electron chi connectivity index (χ4n) is 4.39. The molecule has 0 saturated carbocycles. The Morgan fingerprint density at radius 1 is 0.778 bits per heavy atom. The van der Waals surface area contributed by atoms with E-state index in [2.05, 4.69) is 32.9 Å². The molecule has 0 atom stereocenters. The molecule has 27 heavy (non-hydrogen) atoms. The topological polar surface area (TPSA) is 27.7 Å². The third-order valence-corrected chi connectivity index (χ3v) is 10.6. The maximum Gasteiger partial charge on any atom is 0.193 e. The lowest BCUT2D eigenvalue weighted by molar-refractivity contribution is 0.194. The van der Waals surface area contributed by atoms with Gasteiger partial charge in [0, 0.05) is 0 Å². The zero-order valence-electron chi connectivity index (χ0n) is 18.2. The fourth-order valence-corrected chi connectivity index (χ4v) is 9.36. The molecule has 0 spiro atoms. The lowest BCUT2D eigenvalue weighted by Crippen LogP contribution is -2.42. The summed E-state index contributed by atoms with van der Waals surface area (Å²) in [4.78, 5) is 0. The van der Waals surface area contributed by atoms with E-state index in [0.717, 1.165) is 24.3 Å². The predicted molar refractivity (Wildman–Crippen MR) is 117 cm³/mol. The lowest BCUT2D eigenvalue weighted by atomic mass is 10.1. The number of hydrogen-bond acceptors (Lipinski definition) is 3. The van der Waals surface area contributed by atoms with Crippen molar-refractivity contribution >= 4 is 8.32 Å². The number of rotatable bonds is 13. The average molecular weight is 393 g/mol. The molecule has 0 aromatic heterocycles. The van der Waals surface area contributed by atoms with Gasteiger partial charge in [0.25, 0.3) is 0 Å². The van der Waals surface area contributed by atoms with Crippen LogP contribution in [0.3, 0.4) is 0 Å². The number of hydrogen-bond donors (Lipinski definition) is 0. The summed E-state index contributed by atoms with van der Waals surface area (Å²) in [6, 6.07) is 8.32. The molecule has 1 aromatic rings. The van der Waals surface area contributed by atoms with Crippen LogP contribution in [-0.2, 0) is 17.3 Å². The first-order valence-corrected chi connectivity index (χ1v) is 13.6. The highest BCUT2D eigenvalue weighted by Crippen LogP contribution is 2.38. The van der Waals surface area contributed by atoms with Crippen molar-refractivity contribution < 1.29 is 13.9 Å². The summed E-state index contributed by atoms with van der Waals surface area (Å²) in [6.07, 6.45) is 10.2. The molecule has 0 saturated heterocycles. The first-order valence-electron chi connectivity index (χ1n) is 11.0. The Hall–Kier alpha value is -1.00.